The quantitative estimate of drug-likeness (QED) is 0.816. The van der Waals surface area contributed by atoms with Gasteiger partial charge in [-0.15, -0.1) is 0 Å². The molecule has 0 saturated carbocycles. The van der Waals surface area contributed by atoms with E-state index in [0.29, 0.717) is 11.7 Å². The molecule has 2 aliphatic heterocycles. The molecule has 0 aliphatic carbocycles. The average molecular weight is 259 g/mol. The highest BCUT2D eigenvalue weighted by atomic mass is 19.1. The van der Waals surface area contributed by atoms with Gasteiger partial charge in [-0.25, -0.2) is 4.39 Å². The molecular weight excluding hydrogens is 241 g/mol. The molecule has 0 bridgehead atoms. The Morgan fingerprint density at radius 2 is 2.00 bits per heavy atom. The number of anilines is 1. The van der Waals surface area contributed by atoms with Crippen LogP contribution in [0, 0.1) is 23.1 Å². The maximum Gasteiger partial charge on any atom is 0.146 e. The number of nitriles is 1. The van der Waals surface area contributed by atoms with Gasteiger partial charge in [-0.2, -0.15) is 5.26 Å². The molecule has 3 rings (SSSR count). The molecule has 100 valence electrons. The van der Waals surface area contributed by atoms with Gasteiger partial charge in [-0.1, -0.05) is 12.1 Å². The number of benzene rings is 1. The van der Waals surface area contributed by atoms with Crippen molar-refractivity contribution in [2.24, 2.45) is 5.92 Å². The third kappa shape index (κ3) is 2.43. The van der Waals surface area contributed by atoms with E-state index in [0.717, 1.165) is 39.0 Å². The van der Waals surface area contributed by atoms with Crippen molar-refractivity contribution < 1.29 is 4.39 Å². The second-order valence-electron chi connectivity index (χ2n) is 5.45. The zero-order valence-electron chi connectivity index (χ0n) is 10.9. The summed E-state index contributed by atoms with van der Waals surface area (Å²) in [5, 5.41) is 8.96. The summed E-state index contributed by atoms with van der Waals surface area (Å²) in [6.45, 7) is 3.67. The summed E-state index contributed by atoms with van der Waals surface area (Å²) in [5.41, 5.74) is 0.709. The Labute approximate surface area is 113 Å². The van der Waals surface area contributed by atoms with Gasteiger partial charge in [0.05, 0.1) is 17.7 Å². The Bertz CT molecular complexity index is 496. The topological polar surface area (TPSA) is 30.3 Å². The lowest BCUT2D eigenvalue weighted by Crippen LogP contribution is -2.36. The van der Waals surface area contributed by atoms with E-state index in [-0.39, 0.29) is 11.7 Å². The van der Waals surface area contributed by atoms with Crippen molar-refractivity contribution in [2.75, 3.05) is 31.1 Å². The number of halogens is 1. The highest BCUT2D eigenvalue weighted by molar-refractivity contribution is 5.48. The lowest BCUT2D eigenvalue weighted by atomic mass is 10.1. The molecule has 1 aromatic carbocycles. The summed E-state index contributed by atoms with van der Waals surface area (Å²) >= 11 is 0. The van der Waals surface area contributed by atoms with Crippen LogP contribution >= 0.6 is 0 Å². The molecule has 19 heavy (non-hydrogen) atoms. The van der Waals surface area contributed by atoms with Crippen LogP contribution in [0.2, 0.25) is 0 Å². The highest BCUT2D eigenvalue weighted by Gasteiger charge is 2.33. The largest absolute Gasteiger partial charge is 0.368 e. The van der Waals surface area contributed by atoms with Crippen LogP contribution in [0.15, 0.2) is 24.3 Å². The fraction of sp³-hybridized carbons (Fsp3) is 0.533. The zero-order chi connectivity index (χ0) is 13.2. The van der Waals surface area contributed by atoms with Crippen LogP contribution in [0.3, 0.4) is 0 Å². The van der Waals surface area contributed by atoms with E-state index >= 15 is 0 Å². The van der Waals surface area contributed by atoms with Crippen molar-refractivity contribution in [2.45, 2.75) is 18.9 Å². The highest BCUT2D eigenvalue weighted by Crippen LogP contribution is 2.28. The molecule has 1 aromatic rings. The van der Waals surface area contributed by atoms with Gasteiger partial charge < -0.3 is 4.90 Å². The van der Waals surface area contributed by atoms with E-state index in [1.165, 1.54) is 6.07 Å². The molecule has 2 fully saturated rings. The van der Waals surface area contributed by atoms with Gasteiger partial charge in [-0.05, 0) is 31.5 Å². The Morgan fingerprint density at radius 1 is 1.16 bits per heavy atom. The molecule has 0 radical (unpaired) electrons. The minimum atomic E-state index is -0.139. The van der Waals surface area contributed by atoms with Gasteiger partial charge >= 0.3 is 0 Å². The average Bonchev–Trinajstić information content (AvgIpc) is 3.08. The molecule has 2 saturated heterocycles. The van der Waals surface area contributed by atoms with Crippen LogP contribution in [0.5, 0.6) is 0 Å². The zero-order valence-corrected chi connectivity index (χ0v) is 10.9. The SMILES string of the molecule is N#CC1CCN(C2CCN(c3ccccc3F)C2)C1. The van der Waals surface area contributed by atoms with E-state index in [9.17, 15) is 4.39 Å². The van der Waals surface area contributed by atoms with Crippen LogP contribution in [-0.2, 0) is 0 Å². The summed E-state index contributed by atoms with van der Waals surface area (Å²) < 4.78 is 13.8. The van der Waals surface area contributed by atoms with E-state index in [1.807, 2.05) is 12.1 Å². The monoisotopic (exact) mass is 259 g/mol. The van der Waals surface area contributed by atoms with Gasteiger partial charge in [0.2, 0.25) is 0 Å². The minimum absolute atomic E-state index is 0.139. The van der Waals surface area contributed by atoms with Crippen molar-refractivity contribution in [3.8, 4) is 6.07 Å². The molecule has 0 aromatic heterocycles. The second-order valence-corrected chi connectivity index (χ2v) is 5.45. The van der Waals surface area contributed by atoms with Gasteiger partial charge in [-0.3, -0.25) is 4.90 Å². The maximum atomic E-state index is 13.8. The number of hydrogen-bond donors (Lipinski definition) is 0. The molecule has 3 nitrogen and oxygen atoms in total. The van der Waals surface area contributed by atoms with Crippen molar-refractivity contribution in [3.05, 3.63) is 30.1 Å². The minimum Gasteiger partial charge on any atom is -0.368 e. The van der Waals surface area contributed by atoms with E-state index in [1.54, 1.807) is 6.07 Å². The summed E-state index contributed by atoms with van der Waals surface area (Å²) in [6.07, 6.45) is 2.04. The van der Waals surface area contributed by atoms with Crippen LogP contribution in [0.1, 0.15) is 12.8 Å². The van der Waals surface area contributed by atoms with E-state index < -0.39 is 0 Å². The van der Waals surface area contributed by atoms with Gasteiger partial charge in [0, 0.05) is 25.7 Å². The van der Waals surface area contributed by atoms with E-state index in [4.69, 9.17) is 5.26 Å². The third-order valence-corrected chi connectivity index (χ3v) is 4.28. The summed E-state index contributed by atoms with van der Waals surface area (Å²) in [6, 6.07) is 9.80. The fourth-order valence-electron chi connectivity index (χ4n) is 3.19. The van der Waals surface area contributed by atoms with E-state index in [2.05, 4.69) is 15.9 Å². The van der Waals surface area contributed by atoms with Crippen molar-refractivity contribution in [1.29, 1.82) is 5.26 Å². The summed E-state index contributed by atoms with van der Waals surface area (Å²) in [5.74, 6) is 0.0435. The summed E-state index contributed by atoms with van der Waals surface area (Å²) in [7, 11) is 0. The maximum absolute atomic E-state index is 13.8. The lowest BCUT2D eigenvalue weighted by molar-refractivity contribution is 0.255. The van der Waals surface area contributed by atoms with Gasteiger partial charge in [0.1, 0.15) is 5.82 Å². The molecule has 0 amide bonds. The fourth-order valence-corrected chi connectivity index (χ4v) is 3.19. The lowest BCUT2D eigenvalue weighted by Gasteiger charge is -2.24. The molecule has 4 heteroatoms. The number of rotatable bonds is 2. The van der Waals surface area contributed by atoms with Crippen LogP contribution in [-0.4, -0.2) is 37.1 Å². The molecule has 2 heterocycles. The first-order valence-electron chi connectivity index (χ1n) is 6.91. The Morgan fingerprint density at radius 3 is 2.74 bits per heavy atom. The Balaban J connectivity index is 1.65. The van der Waals surface area contributed by atoms with Crippen molar-refractivity contribution in [3.63, 3.8) is 0 Å². The van der Waals surface area contributed by atoms with Gasteiger partial charge in [0.15, 0.2) is 0 Å². The summed E-state index contributed by atoms with van der Waals surface area (Å²) in [4.78, 5) is 4.52. The van der Waals surface area contributed by atoms with Crippen molar-refractivity contribution in [1.82, 2.24) is 4.90 Å². The molecule has 2 aliphatic rings. The van der Waals surface area contributed by atoms with Crippen LogP contribution < -0.4 is 4.90 Å². The molecule has 2 atom stereocenters. The first-order chi connectivity index (χ1) is 9.28. The van der Waals surface area contributed by atoms with Crippen LogP contribution in [0.4, 0.5) is 10.1 Å². The number of likely N-dealkylation sites (tertiary alicyclic amines) is 1. The molecule has 0 N–H and O–H groups in total. The predicted molar refractivity (Wildman–Crippen MR) is 72.3 cm³/mol. The number of para-hydroxylation sites is 1. The molecule has 0 spiro atoms. The number of nitrogens with zero attached hydrogens (tertiary/aromatic N) is 3. The molecule has 2 unspecified atom stereocenters. The normalized spacial score (nSPS) is 27.7. The van der Waals surface area contributed by atoms with Crippen LogP contribution in [0.25, 0.3) is 0 Å². The standard InChI is InChI=1S/C15H18FN3/c16-14-3-1-2-4-15(14)19-8-6-13(11-19)18-7-5-12(9-17)10-18/h1-4,12-13H,5-8,10-11H2. The number of hydrogen-bond acceptors (Lipinski definition) is 3. The smallest absolute Gasteiger partial charge is 0.146 e. The Kier molecular flexibility index (Phi) is 3.39. The predicted octanol–water partition coefficient (Wildman–Crippen LogP) is 2.25. The first kappa shape index (κ1) is 12.4. The third-order valence-electron chi connectivity index (χ3n) is 4.28. The second kappa shape index (κ2) is 5.18. The molecular formula is C15H18FN3. The van der Waals surface area contributed by atoms with Crippen molar-refractivity contribution >= 4 is 5.69 Å². The Hall–Kier alpha value is -1.60. The first-order valence-corrected chi connectivity index (χ1v) is 6.91. The van der Waals surface area contributed by atoms with Gasteiger partial charge in [0.25, 0.3) is 0 Å².